The fourth-order valence-electron chi connectivity index (χ4n) is 3.28. The number of anilines is 1. The molecule has 0 aliphatic rings. The number of aromatic hydroxyl groups is 1. The monoisotopic (exact) mass is 451 g/mol. The number of nitrogens with zero attached hydrogens (tertiary/aromatic N) is 3. The maximum atomic E-state index is 13.5. The predicted molar refractivity (Wildman–Crippen MR) is 123 cm³/mol. The maximum absolute atomic E-state index is 13.5. The van der Waals surface area contributed by atoms with Crippen LogP contribution in [-0.4, -0.2) is 32.5 Å². The van der Waals surface area contributed by atoms with Gasteiger partial charge in [0.05, 0.1) is 22.5 Å². The summed E-state index contributed by atoms with van der Waals surface area (Å²) in [4.78, 5) is 26.8. The topological polar surface area (TPSA) is 100 Å². The highest BCUT2D eigenvalue weighted by molar-refractivity contribution is 7.19. The number of phenolic OH excluding ortho intramolecular Hbond substituents is 1. The minimum atomic E-state index is -0.422. The summed E-state index contributed by atoms with van der Waals surface area (Å²) in [6.07, 6.45) is 3.34. The van der Waals surface area contributed by atoms with Crippen molar-refractivity contribution in [1.29, 1.82) is 0 Å². The van der Waals surface area contributed by atoms with E-state index in [1.165, 1.54) is 17.4 Å². The number of phenols is 1. The zero-order valence-electron chi connectivity index (χ0n) is 17.6. The van der Waals surface area contributed by atoms with Gasteiger partial charge in [0.25, 0.3) is 5.91 Å². The fraction of sp³-hybridized carbons (Fsp3) is 0.217. The number of fused-ring (bicyclic) bond motifs is 1. The number of pyridine rings is 1. The second-order valence-corrected chi connectivity index (χ2v) is 8.70. The number of hydrogen-bond donors (Lipinski definition) is 3. The van der Waals surface area contributed by atoms with E-state index in [4.69, 9.17) is 0 Å². The Hall–Kier alpha value is -3.59. The van der Waals surface area contributed by atoms with Crippen molar-refractivity contribution < 1.29 is 14.3 Å². The summed E-state index contributed by atoms with van der Waals surface area (Å²) in [5.74, 6) is -0.218. The number of carbonyl (C=O) groups is 1. The molecule has 32 heavy (non-hydrogen) atoms. The van der Waals surface area contributed by atoms with Gasteiger partial charge in [0.2, 0.25) is 5.95 Å². The van der Waals surface area contributed by atoms with Crippen molar-refractivity contribution in [2.24, 2.45) is 0 Å². The van der Waals surface area contributed by atoms with Gasteiger partial charge >= 0.3 is 0 Å². The number of carbonyl (C=O) groups excluding carboxylic acids is 1. The first kappa shape index (κ1) is 21.6. The van der Waals surface area contributed by atoms with Gasteiger partial charge in [-0.2, -0.15) is 0 Å². The molecule has 0 saturated carbocycles. The standard InChI is InChI=1S/C23H22FN5O2S/c1-13-9-19-21(32-13)20(22(31)26-8-7-15-3-5-18(30)6-4-15)29-23(28-19)27-14(2)16-10-17(24)12-25-11-16/h3-6,9-12,14,30H,7-8H2,1-2H3,(H,26,31)(H,27,28,29). The van der Waals surface area contributed by atoms with E-state index in [1.807, 2.05) is 32.0 Å². The Labute approximate surface area is 188 Å². The molecule has 1 amide bonds. The van der Waals surface area contributed by atoms with Gasteiger partial charge in [-0.25, -0.2) is 14.4 Å². The van der Waals surface area contributed by atoms with Crippen LogP contribution >= 0.6 is 11.3 Å². The SMILES string of the molecule is Cc1cc2nc(NC(C)c3cncc(F)c3)nc(C(=O)NCCc3ccc(O)cc3)c2s1. The summed E-state index contributed by atoms with van der Waals surface area (Å²) in [5.41, 5.74) is 2.63. The molecule has 3 heterocycles. The molecule has 0 bridgehead atoms. The van der Waals surface area contributed by atoms with Crippen molar-refractivity contribution in [3.63, 3.8) is 0 Å². The summed E-state index contributed by atoms with van der Waals surface area (Å²) < 4.78 is 14.2. The van der Waals surface area contributed by atoms with E-state index in [0.29, 0.717) is 29.7 Å². The van der Waals surface area contributed by atoms with Gasteiger partial charge in [-0.3, -0.25) is 9.78 Å². The Kier molecular flexibility index (Phi) is 6.27. The number of hydrogen-bond acceptors (Lipinski definition) is 7. The molecule has 1 atom stereocenters. The normalized spacial score (nSPS) is 12.0. The van der Waals surface area contributed by atoms with Crippen molar-refractivity contribution in [3.05, 3.63) is 76.3 Å². The third-order valence-electron chi connectivity index (χ3n) is 4.92. The molecule has 0 saturated heterocycles. The number of amides is 1. The minimum absolute atomic E-state index is 0.206. The molecule has 3 N–H and O–H groups in total. The molecule has 1 aromatic carbocycles. The summed E-state index contributed by atoms with van der Waals surface area (Å²) >= 11 is 1.46. The van der Waals surface area contributed by atoms with Gasteiger partial charge < -0.3 is 15.7 Å². The average Bonchev–Trinajstić information content (AvgIpc) is 3.14. The molecule has 4 rings (SSSR count). The van der Waals surface area contributed by atoms with Crippen molar-refractivity contribution in [1.82, 2.24) is 20.3 Å². The number of nitrogens with one attached hydrogen (secondary N) is 2. The van der Waals surface area contributed by atoms with E-state index in [-0.39, 0.29) is 23.6 Å². The van der Waals surface area contributed by atoms with Gasteiger partial charge in [-0.05, 0) is 55.7 Å². The lowest BCUT2D eigenvalue weighted by atomic mass is 10.1. The minimum Gasteiger partial charge on any atom is -0.508 e. The Morgan fingerprint density at radius 3 is 2.72 bits per heavy atom. The van der Waals surface area contributed by atoms with E-state index >= 15 is 0 Å². The Bertz CT molecular complexity index is 1260. The van der Waals surface area contributed by atoms with Crippen LogP contribution in [0.1, 0.15) is 39.5 Å². The second-order valence-electron chi connectivity index (χ2n) is 7.44. The zero-order chi connectivity index (χ0) is 22.7. The molecule has 0 radical (unpaired) electrons. The maximum Gasteiger partial charge on any atom is 0.271 e. The molecule has 9 heteroatoms. The van der Waals surface area contributed by atoms with E-state index in [1.54, 1.807) is 18.3 Å². The molecule has 164 valence electrons. The number of rotatable bonds is 7. The first-order valence-corrected chi connectivity index (χ1v) is 10.9. The largest absolute Gasteiger partial charge is 0.508 e. The van der Waals surface area contributed by atoms with Crippen molar-refractivity contribution in [2.45, 2.75) is 26.3 Å². The molecule has 3 aromatic heterocycles. The summed E-state index contributed by atoms with van der Waals surface area (Å²) in [6.45, 7) is 4.22. The van der Waals surface area contributed by atoms with Crippen molar-refractivity contribution in [3.8, 4) is 5.75 Å². The molecule has 0 aliphatic heterocycles. The second kappa shape index (κ2) is 9.27. The summed E-state index contributed by atoms with van der Waals surface area (Å²) in [6, 6.07) is 9.87. The van der Waals surface area contributed by atoms with E-state index in [2.05, 4.69) is 25.6 Å². The zero-order valence-corrected chi connectivity index (χ0v) is 18.4. The van der Waals surface area contributed by atoms with Crippen LogP contribution in [0.4, 0.5) is 10.3 Å². The molecular formula is C23H22FN5O2S. The fourth-order valence-corrected chi connectivity index (χ4v) is 4.21. The van der Waals surface area contributed by atoms with Crippen LogP contribution in [-0.2, 0) is 6.42 Å². The lowest BCUT2D eigenvalue weighted by Crippen LogP contribution is -2.27. The van der Waals surface area contributed by atoms with Crippen molar-refractivity contribution >= 4 is 33.4 Å². The van der Waals surface area contributed by atoms with Gasteiger partial charge in [-0.1, -0.05) is 12.1 Å². The highest BCUT2D eigenvalue weighted by Crippen LogP contribution is 2.28. The van der Waals surface area contributed by atoms with Crippen LogP contribution in [0.2, 0.25) is 0 Å². The van der Waals surface area contributed by atoms with Crippen LogP contribution < -0.4 is 10.6 Å². The summed E-state index contributed by atoms with van der Waals surface area (Å²) in [7, 11) is 0. The van der Waals surface area contributed by atoms with Gasteiger partial charge in [0.1, 0.15) is 11.6 Å². The molecule has 7 nitrogen and oxygen atoms in total. The van der Waals surface area contributed by atoms with E-state index < -0.39 is 5.82 Å². The van der Waals surface area contributed by atoms with Crippen LogP contribution in [0.5, 0.6) is 5.75 Å². The van der Waals surface area contributed by atoms with E-state index in [0.717, 1.165) is 21.3 Å². The van der Waals surface area contributed by atoms with E-state index in [9.17, 15) is 14.3 Å². The van der Waals surface area contributed by atoms with Crippen LogP contribution in [0, 0.1) is 12.7 Å². The number of halogens is 1. The van der Waals surface area contributed by atoms with Crippen LogP contribution in [0.15, 0.2) is 48.8 Å². The molecule has 0 spiro atoms. The first-order valence-electron chi connectivity index (χ1n) is 10.1. The quantitative estimate of drug-likeness (QED) is 0.385. The van der Waals surface area contributed by atoms with Crippen LogP contribution in [0.3, 0.4) is 0 Å². The van der Waals surface area contributed by atoms with Gasteiger partial charge in [0.15, 0.2) is 5.69 Å². The third-order valence-corrected chi connectivity index (χ3v) is 5.96. The third kappa shape index (κ3) is 5.00. The lowest BCUT2D eigenvalue weighted by Gasteiger charge is -2.15. The van der Waals surface area contributed by atoms with Gasteiger partial charge in [0, 0.05) is 17.6 Å². The number of thiophene rings is 1. The Morgan fingerprint density at radius 1 is 1.19 bits per heavy atom. The number of aryl methyl sites for hydroxylation is 1. The first-order chi connectivity index (χ1) is 15.4. The highest BCUT2D eigenvalue weighted by atomic mass is 32.1. The molecule has 0 aliphatic carbocycles. The smallest absolute Gasteiger partial charge is 0.271 e. The van der Waals surface area contributed by atoms with Crippen LogP contribution in [0.25, 0.3) is 10.2 Å². The lowest BCUT2D eigenvalue weighted by molar-refractivity contribution is 0.0951. The summed E-state index contributed by atoms with van der Waals surface area (Å²) in [5, 5.41) is 15.4. The average molecular weight is 452 g/mol. The Morgan fingerprint density at radius 2 is 1.97 bits per heavy atom. The predicted octanol–water partition coefficient (Wildman–Crippen LogP) is 4.39. The molecule has 4 aromatic rings. The molecular weight excluding hydrogens is 429 g/mol. The Balaban J connectivity index is 1.53. The number of aromatic nitrogens is 3. The van der Waals surface area contributed by atoms with Crippen molar-refractivity contribution in [2.75, 3.05) is 11.9 Å². The molecule has 1 unspecified atom stereocenters. The highest BCUT2D eigenvalue weighted by Gasteiger charge is 2.18. The number of benzene rings is 1. The molecule has 0 fully saturated rings. The van der Waals surface area contributed by atoms with Gasteiger partial charge in [-0.15, -0.1) is 11.3 Å².